The van der Waals surface area contributed by atoms with Gasteiger partial charge in [0.15, 0.2) is 0 Å². The van der Waals surface area contributed by atoms with Crippen LogP contribution in [0.15, 0.2) is 53.4 Å². The number of morpholine rings is 1. The maximum absolute atomic E-state index is 12.9. The van der Waals surface area contributed by atoms with E-state index < -0.39 is 27.7 Å². The fraction of sp³-hybridized carbons (Fsp3) is 0.350. The SMILES string of the molecule is O=C(NCCN1CCOCC1)c1cccc(S(=O)(=O)Nc2cccc(C(F)(F)F)c2)c1. The first-order chi connectivity index (χ1) is 14.6. The number of hydrogen-bond acceptors (Lipinski definition) is 5. The number of halogens is 3. The van der Waals surface area contributed by atoms with Crippen LogP contribution in [0.25, 0.3) is 0 Å². The van der Waals surface area contributed by atoms with Gasteiger partial charge in [0, 0.05) is 37.4 Å². The van der Waals surface area contributed by atoms with Crippen LogP contribution >= 0.6 is 0 Å². The van der Waals surface area contributed by atoms with Crippen molar-refractivity contribution < 1.29 is 31.1 Å². The Morgan fingerprint density at radius 3 is 2.48 bits per heavy atom. The number of rotatable bonds is 7. The van der Waals surface area contributed by atoms with Crippen LogP contribution < -0.4 is 10.0 Å². The third kappa shape index (κ3) is 6.42. The van der Waals surface area contributed by atoms with Gasteiger partial charge in [0.1, 0.15) is 0 Å². The summed E-state index contributed by atoms with van der Waals surface area (Å²) in [5.74, 6) is -0.440. The number of amides is 1. The van der Waals surface area contributed by atoms with E-state index in [-0.39, 0.29) is 16.1 Å². The topological polar surface area (TPSA) is 87.7 Å². The molecule has 2 N–H and O–H groups in total. The monoisotopic (exact) mass is 457 g/mol. The number of nitrogens with zero attached hydrogens (tertiary/aromatic N) is 1. The predicted octanol–water partition coefficient (Wildman–Crippen LogP) is 2.57. The molecule has 2 aromatic carbocycles. The van der Waals surface area contributed by atoms with Crippen molar-refractivity contribution >= 4 is 21.6 Å². The second-order valence-electron chi connectivity index (χ2n) is 6.92. The molecule has 31 heavy (non-hydrogen) atoms. The molecular formula is C20H22F3N3O4S. The smallest absolute Gasteiger partial charge is 0.379 e. The van der Waals surface area contributed by atoms with Crippen molar-refractivity contribution in [1.29, 1.82) is 0 Å². The minimum Gasteiger partial charge on any atom is -0.379 e. The molecule has 7 nitrogen and oxygen atoms in total. The van der Waals surface area contributed by atoms with Gasteiger partial charge >= 0.3 is 6.18 Å². The Bertz CT molecular complexity index is 1020. The molecule has 168 valence electrons. The van der Waals surface area contributed by atoms with E-state index in [1.807, 2.05) is 0 Å². The lowest BCUT2D eigenvalue weighted by Gasteiger charge is -2.26. The molecule has 0 unspecified atom stereocenters. The number of hydrogen-bond donors (Lipinski definition) is 2. The zero-order valence-corrected chi connectivity index (χ0v) is 17.3. The molecule has 1 saturated heterocycles. The summed E-state index contributed by atoms with van der Waals surface area (Å²) in [6, 6.07) is 9.19. The van der Waals surface area contributed by atoms with Crippen molar-refractivity contribution in [2.24, 2.45) is 0 Å². The highest BCUT2D eigenvalue weighted by Crippen LogP contribution is 2.31. The molecule has 1 aliphatic heterocycles. The molecule has 1 heterocycles. The number of alkyl halides is 3. The fourth-order valence-corrected chi connectivity index (χ4v) is 4.13. The molecule has 0 saturated carbocycles. The van der Waals surface area contributed by atoms with E-state index in [2.05, 4.69) is 14.9 Å². The molecule has 2 aromatic rings. The van der Waals surface area contributed by atoms with Crippen LogP contribution in [-0.2, 0) is 20.9 Å². The van der Waals surface area contributed by atoms with Gasteiger partial charge in [0.05, 0.1) is 23.7 Å². The van der Waals surface area contributed by atoms with Gasteiger partial charge in [-0.25, -0.2) is 8.42 Å². The maximum atomic E-state index is 12.9. The molecule has 11 heteroatoms. The van der Waals surface area contributed by atoms with Crippen LogP contribution in [0.4, 0.5) is 18.9 Å². The summed E-state index contributed by atoms with van der Waals surface area (Å²) in [5, 5.41) is 2.74. The zero-order chi connectivity index (χ0) is 22.5. The van der Waals surface area contributed by atoms with E-state index in [4.69, 9.17) is 4.74 Å². The van der Waals surface area contributed by atoms with Gasteiger partial charge in [-0.05, 0) is 36.4 Å². The molecule has 0 spiro atoms. The van der Waals surface area contributed by atoms with E-state index in [9.17, 15) is 26.4 Å². The number of anilines is 1. The molecule has 0 radical (unpaired) electrons. The lowest BCUT2D eigenvalue weighted by Crippen LogP contribution is -2.41. The largest absolute Gasteiger partial charge is 0.416 e. The van der Waals surface area contributed by atoms with E-state index in [1.165, 1.54) is 30.3 Å². The summed E-state index contributed by atoms with van der Waals surface area (Å²) in [6.45, 7) is 3.89. The van der Waals surface area contributed by atoms with Crippen molar-refractivity contribution in [2.75, 3.05) is 44.1 Å². The molecule has 0 bridgehead atoms. The van der Waals surface area contributed by atoms with Crippen LogP contribution in [0, 0.1) is 0 Å². The summed E-state index contributed by atoms with van der Waals surface area (Å²) >= 11 is 0. The van der Waals surface area contributed by atoms with E-state index >= 15 is 0 Å². The highest BCUT2D eigenvalue weighted by atomic mass is 32.2. The van der Waals surface area contributed by atoms with E-state index in [0.29, 0.717) is 32.4 Å². The maximum Gasteiger partial charge on any atom is 0.416 e. The van der Waals surface area contributed by atoms with Crippen LogP contribution in [-0.4, -0.2) is 58.6 Å². The van der Waals surface area contributed by atoms with Gasteiger partial charge in [-0.2, -0.15) is 13.2 Å². The molecule has 1 fully saturated rings. The highest BCUT2D eigenvalue weighted by Gasteiger charge is 2.30. The third-order valence-corrected chi connectivity index (χ3v) is 6.04. The Kier molecular flexibility index (Phi) is 7.19. The number of ether oxygens (including phenoxy) is 1. The van der Waals surface area contributed by atoms with Gasteiger partial charge < -0.3 is 10.1 Å². The first-order valence-corrected chi connectivity index (χ1v) is 11.0. The van der Waals surface area contributed by atoms with Crippen LogP contribution in [0.5, 0.6) is 0 Å². The summed E-state index contributed by atoms with van der Waals surface area (Å²) in [7, 11) is -4.19. The Balaban J connectivity index is 1.66. The first-order valence-electron chi connectivity index (χ1n) is 9.53. The van der Waals surface area contributed by atoms with E-state index in [1.54, 1.807) is 0 Å². The van der Waals surface area contributed by atoms with Gasteiger partial charge in [-0.1, -0.05) is 12.1 Å². The number of carbonyl (C=O) groups is 1. The second kappa shape index (κ2) is 9.67. The molecule has 0 atom stereocenters. The number of benzene rings is 2. The third-order valence-electron chi connectivity index (χ3n) is 4.67. The minimum absolute atomic E-state index is 0.133. The standard InChI is InChI=1S/C20H22F3N3O4S/c21-20(22,23)16-4-2-5-17(14-16)25-31(28,29)18-6-1-3-15(13-18)19(27)24-7-8-26-9-11-30-12-10-26/h1-6,13-14,25H,7-12H2,(H,24,27). The van der Waals surface area contributed by atoms with Crippen molar-refractivity contribution in [3.63, 3.8) is 0 Å². The van der Waals surface area contributed by atoms with Crippen molar-refractivity contribution in [2.45, 2.75) is 11.1 Å². The van der Waals surface area contributed by atoms with E-state index in [0.717, 1.165) is 25.2 Å². The molecule has 1 aliphatic rings. The van der Waals surface area contributed by atoms with Crippen LogP contribution in [0.3, 0.4) is 0 Å². The highest BCUT2D eigenvalue weighted by molar-refractivity contribution is 7.92. The summed E-state index contributed by atoms with van der Waals surface area (Å²) in [6.07, 6.45) is -4.60. The van der Waals surface area contributed by atoms with Gasteiger partial charge in [-0.15, -0.1) is 0 Å². The zero-order valence-electron chi connectivity index (χ0n) is 16.5. The lowest BCUT2D eigenvalue weighted by atomic mass is 10.2. The minimum atomic E-state index is -4.60. The van der Waals surface area contributed by atoms with Crippen molar-refractivity contribution in [3.8, 4) is 0 Å². The Morgan fingerprint density at radius 2 is 1.77 bits per heavy atom. The van der Waals surface area contributed by atoms with Gasteiger partial charge in [0.25, 0.3) is 15.9 Å². The molecule has 3 rings (SSSR count). The average Bonchev–Trinajstić information content (AvgIpc) is 2.74. The number of carbonyl (C=O) groups excluding carboxylic acids is 1. The Labute approximate surface area is 178 Å². The summed E-state index contributed by atoms with van der Waals surface area (Å²) in [4.78, 5) is 14.3. The summed E-state index contributed by atoms with van der Waals surface area (Å²) in [5.41, 5.74) is -1.06. The van der Waals surface area contributed by atoms with Crippen molar-refractivity contribution in [1.82, 2.24) is 10.2 Å². The lowest BCUT2D eigenvalue weighted by molar-refractivity contribution is -0.137. The number of sulfonamides is 1. The molecule has 0 aromatic heterocycles. The fourth-order valence-electron chi connectivity index (χ4n) is 3.03. The van der Waals surface area contributed by atoms with Crippen LogP contribution in [0.2, 0.25) is 0 Å². The Hall–Kier alpha value is -2.63. The van der Waals surface area contributed by atoms with Crippen molar-refractivity contribution in [3.05, 3.63) is 59.7 Å². The summed E-state index contributed by atoms with van der Waals surface area (Å²) < 4.78 is 71.2. The first kappa shape index (κ1) is 23.0. The van der Waals surface area contributed by atoms with Gasteiger partial charge in [0.2, 0.25) is 0 Å². The number of nitrogens with one attached hydrogen (secondary N) is 2. The predicted molar refractivity (Wildman–Crippen MR) is 108 cm³/mol. The quantitative estimate of drug-likeness (QED) is 0.667. The molecule has 1 amide bonds. The normalized spacial score (nSPS) is 15.5. The Morgan fingerprint density at radius 1 is 1.06 bits per heavy atom. The average molecular weight is 457 g/mol. The molecule has 0 aliphatic carbocycles. The van der Waals surface area contributed by atoms with Crippen LogP contribution in [0.1, 0.15) is 15.9 Å². The molecular weight excluding hydrogens is 435 g/mol. The van der Waals surface area contributed by atoms with Gasteiger partial charge in [-0.3, -0.25) is 14.4 Å². The second-order valence-corrected chi connectivity index (χ2v) is 8.60.